The number of rotatable bonds is 8. The monoisotopic (exact) mass is 517 g/mol. The SMILES string of the molecule is O=C(NCc1ccccc1)Nc1cccc([C@H]2O[C@@H](CN3CC[C@H](O)C3)C[C@@H](c3ccc(CO)cc3)O2)c1. The van der Waals surface area contributed by atoms with Crippen LogP contribution in [0, 0.1) is 0 Å². The first-order chi connectivity index (χ1) is 18.6. The highest BCUT2D eigenvalue weighted by atomic mass is 16.7. The lowest BCUT2D eigenvalue weighted by Crippen LogP contribution is -2.38. The highest BCUT2D eigenvalue weighted by Crippen LogP contribution is 2.38. The molecule has 4 atom stereocenters. The Labute approximate surface area is 223 Å². The maximum absolute atomic E-state index is 12.5. The zero-order valence-corrected chi connectivity index (χ0v) is 21.3. The first-order valence-corrected chi connectivity index (χ1v) is 13.2. The molecule has 3 aromatic rings. The molecular formula is C30H35N3O5. The topological polar surface area (TPSA) is 103 Å². The zero-order valence-electron chi connectivity index (χ0n) is 21.3. The molecule has 8 heteroatoms. The van der Waals surface area contributed by atoms with Gasteiger partial charge in [-0.1, -0.05) is 66.7 Å². The summed E-state index contributed by atoms with van der Waals surface area (Å²) < 4.78 is 12.9. The molecule has 200 valence electrons. The molecule has 0 saturated carbocycles. The fourth-order valence-electron chi connectivity index (χ4n) is 5.02. The van der Waals surface area contributed by atoms with Crippen LogP contribution < -0.4 is 10.6 Å². The summed E-state index contributed by atoms with van der Waals surface area (Å²) in [5.41, 5.74) is 4.36. The van der Waals surface area contributed by atoms with Gasteiger partial charge < -0.3 is 30.3 Å². The van der Waals surface area contributed by atoms with E-state index in [1.54, 1.807) is 0 Å². The maximum Gasteiger partial charge on any atom is 0.319 e. The van der Waals surface area contributed by atoms with E-state index in [-0.39, 0.29) is 30.9 Å². The van der Waals surface area contributed by atoms with Crippen molar-refractivity contribution < 1.29 is 24.5 Å². The average molecular weight is 518 g/mol. The van der Waals surface area contributed by atoms with Gasteiger partial charge in [-0.15, -0.1) is 0 Å². The summed E-state index contributed by atoms with van der Waals surface area (Å²) in [5.74, 6) is 0. The van der Waals surface area contributed by atoms with E-state index in [0.29, 0.717) is 31.7 Å². The number of hydrogen-bond donors (Lipinski definition) is 4. The van der Waals surface area contributed by atoms with Gasteiger partial charge in [0.15, 0.2) is 6.29 Å². The molecule has 0 aliphatic carbocycles. The molecule has 2 aliphatic heterocycles. The molecule has 2 saturated heterocycles. The zero-order chi connectivity index (χ0) is 26.3. The lowest BCUT2D eigenvalue weighted by atomic mass is 9.99. The third-order valence-electron chi connectivity index (χ3n) is 7.04. The van der Waals surface area contributed by atoms with E-state index in [1.165, 1.54) is 0 Å². The Morgan fingerprint density at radius 1 is 0.947 bits per heavy atom. The predicted octanol–water partition coefficient (Wildman–Crippen LogP) is 4.11. The summed E-state index contributed by atoms with van der Waals surface area (Å²) in [6, 6.07) is 24.8. The van der Waals surface area contributed by atoms with E-state index in [4.69, 9.17) is 9.47 Å². The molecule has 2 fully saturated rings. The van der Waals surface area contributed by atoms with Crippen molar-refractivity contribution in [2.24, 2.45) is 0 Å². The van der Waals surface area contributed by atoms with Crippen molar-refractivity contribution in [1.82, 2.24) is 10.2 Å². The molecule has 5 rings (SSSR count). The smallest absolute Gasteiger partial charge is 0.319 e. The highest BCUT2D eigenvalue weighted by Gasteiger charge is 2.34. The van der Waals surface area contributed by atoms with Crippen molar-refractivity contribution in [3.63, 3.8) is 0 Å². The Bertz CT molecular complexity index is 1190. The molecule has 0 aromatic heterocycles. The summed E-state index contributed by atoms with van der Waals surface area (Å²) in [4.78, 5) is 14.7. The first kappa shape index (κ1) is 26.3. The number of aliphatic hydroxyl groups excluding tert-OH is 2. The van der Waals surface area contributed by atoms with Gasteiger partial charge in [0.05, 0.1) is 24.9 Å². The number of amides is 2. The lowest BCUT2D eigenvalue weighted by molar-refractivity contribution is -0.252. The van der Waals surface area contributed by atoms with Crippen molar-refractivity contribution in [3.8, 4) is 0 Å². The fourth-order valence-corrected chi connectivity index (χ4v) is 5.02. The lowest BCUT2D eigenvalue weighted by Gasteiger charge is -2.38. The van der Waals surface area contributed by atoms with E-state index >= 15 is 0 Å². The molecule has 2 amide bonds. The molecule has 0 unspecified atom stereocenters. The van der Waals surface area contributed by atoms with Crippen molar-refractivity contribution in [1.29, 1.82) is 0 Å². The van der Waals surface area contributed by atoms with Gasteiger partial charge in [0.25, 0.3) is 0 Å². The first-order valence-electron chi connectivity index (χ1n) is 13.2. The standard InChI is InChI=1S/C30H35N3O5/c34-20-22-9-11-23(12-10-22)28-16-27(19-33-14-13-26(35)18-33)37-29(38-28)24-7-4-8-25(15-24)32-30(36)31-17-21-5-2-1-3-6-21/h1-12,15,26-29,34-35H,13-14,16-20H2,(H2,31,32,36)/t26-,27+,28-,29-/m0/s1. The van der Waals surface area contributed by atoms with E-state index in [2.05, 4.69) is 15.5 Å². The Balaban J connectivity index is 1.28. The maximum atomic E-state index is 12.5. The minimum atomic E-state index is -0.613. The van der Waals surface area contributed by atoms with Crippen LogP contribution in [0.3, 0.4) is 0 Å². The molecule has 2 heterocycles. The molecule has 0 spiro atoms. The molecule has 0 bridgehead atoms. The summed E-state index contributed by atoms with van der Waals surface area (Å²) in [6.07, 6.45) is 0.276. The van der Waals surface area contributed by atoms with E-state index < -0.39 is 6.29 Å². The number of β-amino-alcohol motifs (C(OH)–C–C–N with tert-alkyl or cyclic N) is 1. The summed E-state index contributed by atoms with van der Waals surface area (Å²) in [5, 5.41) is 25.2. The number of carbonyl (C=O) groups excluding carboxylic acids is 1. The summed E-state index contributed by atoms with van der Waals surface area (Å²) in [7, 11) is 0. The van der Waals surface area contributed by atoms with E-state index in [1.807, 2.05) is 78.9 Å². The Hall–Kier alpha value is -3.27. The number of aliphatic hydroxyl groups is 2. The third kappa shape index (κ3) is 6.98. The Kier molecular flexibility index (Phi) is 8.68. The molecule has 2 aliphatic rings. The van der Waals surface area contributed by atoms with E-state index in [0.717, 1.165) is 35.2 Å². The normalized spacial score (nSPS) is 23.7. The fraction of sp³-hybridized carbons (Fsp3) is 0.367. The second-order valence-electron chi connectivity index (χ2n) is 9.97. The Morgan fingerprint density at radius 2 is 1.76 bits per heavy atom. The van der Waals surface area contributed by atoms with Crippen LogP contribution in [-0.2, 0) is 22.6 Å². The van der Waals surface area contributed by atoms with E-state index in [9.17, 15) is 15.0 Å². The van der Waals surface area contributed by atoms with Gasteiger partial charge >= 0.3 is 6.03 Å². The van der Waals surface area contributed by atoms with Gasteiger partial charge in [-0.05, 0) is 35.2 Å². The van der Waals surface area contributed by atoms with Gasteiger partial charge in [0, 0.05) is 43.9 Å². The van der Waals surface area contributed by atoms with Gasteiger partial charge in [-0.3, -0.25) is 4.90 Å². The van der Waals surface area contributed by atoms with Crippen LogP contribution in [0.15, 0.2) is 78.9 Å². The number of benzene rings is 3. The number of nitrogens with one attached hydrogen (secondary N) is 2. The second-order valence-corrected chi connectivity index (χ2v) is 9.97. The number of carbonyl (C=O) groups is 1. The van der Waals surface area contributed by atoms with Crippen LogP contribution in [0.1, 0.15) is 47.5 Å². The van der Waals surface area contributed by atoms with Crippen molar-refractivity contribution in [2.75, 3.05) is 25.0 Å². The van der Waals surface area contributed by atoms with Crippen LogP contribution in [0.5, 0.6) is 0 Å². The van der Waals surface area contributed by atoms with Gasteiger partial charge in [-0.2, -0.15) is 0 Å². The van der Waals surface area contributed by atoms with Crippen molar-refractivity contribution >= 4 is 11.7 Å². The van der Waals surface area contributed by atoms with Gasteiger partial charge in [0.2, 0.25) is 0 Å². The molecule has 4 N–H and O–H groups in total. The quantitative estimate of drug-likeness (QED) is 0.359. The summed E-state index contributed by atoms with van der Waals surface area (Å²) in [6.45, 7) is 2.64. The predicted molar refractivity (Wildman–Crippen MR) is 144 cm³/mol. The third-order valence-corrected chi connectivity index (χ3v) is 7.04. The van der Waals surface area contributed by atoms with Crippen LogP contribution in [0.4, 0.5) is 10.5 Å². The highest BCUT2D eigenvalue weighted by molar-refractivity contribution is 5.89. The van der Waals surface area contributed by atoms with Crippen molar-refractivity contribution in [2.45, 2.75) is 50.6 Å². The average Bonchev–Trinajstić information content (AvgIpc) is 3.36. The number of ether oxygens (including phenoxy) is 2. The summed E-state index contributed by atoms with van der Waals surface area (Å²) >= 11 is 0. The van der Waals surface area contributed by atoms with Crippen molar-refractivity contribution in [3.05, 3.63) is 101 Å². The van der Waals surface area contributed by atoms with Crippen LogP contribution in [0.25, 0.3) is 0 Å². The van der Waals surface area contributed by atoms with Crippen LogP contribution in [-0.4, -0.2) is 53.0 Å². The number of hydrogen-bond acceptors (Lipinski definition) is 6. The molecule has 8 nitrogen and oxygen atoms in total. The Morgan fingerprint density at radius 3 is 2.50 bits per heavy atom. The van der Waals surface area contributed by atoms with Crippen LogP contribution in [0.2, 0.25) is 0 Å². The molecule has 38 heavy (non-hydrogen) atoms. The number of urea groups is 1. The van der Waals surface area contributed by atoms with Gasteiger partial charge in [-0.25, -0.2) is 4.79 Å². The minimum Gasteiger partial charge on any atom is -0.392 e. The number of likely N-dealkylation sites (tertiary alicyclic amines) is 1. The van der Waals surface area contributed by atoms with Crippen LogP contribution >= 0.6 is 0 Å². The van der Waals surface area contributed by atoms with Gasteiger partial charge in [0.1, 0.15) is 0 Å². The largest absolute Gasteiger partial charge is 0.392 e. The molecular weight excluding hydrogens is 482 g/mol. The number of nitrogens with zero attached hydrogens (tertiary/aromatic N) is 1. The minimum absolute atomic E-state index is 0.00380. The second kappa shape index (κ2) is 12.5. The molecule has 3 aromatic carbocycles. The molecule has 0 radical (unpaired) electrons. The number of anilines is 1.